The first-order valence-corrected chi connectivity index (χ1v) is 8.72. The number of unbranched alkanes of at least 4 members (excludes halogenated alkanes) is 1. The molecule has 1 saturated heterocycles. The SMILES string of the molecule is CCCCn1nnnc1CN1CCCC1c1c(C)nn(C)c1OC. The summed E-state index contributed by atoms with van der Waals surface area (Å²) < 4.78 is 9.36. The Morgan fingerprint density at radius 2 is 2.17 bits per heavy atom. The van der Waals surface area contributed by atoms with Crippen molar-refractivity contribution in [2.75, 3.05) is 13.7 Å². The Morgan fingerprint density at radius 3 is 2.92 bits per heavy atom. The zero-order valence-corrected chi connectivity index (χ0v) is 15.1. The van der Waals surface area contributed by atoms with Crippen LogP contribution in [-0.2, 0) is 20.1 Å². The number of ether oxygens (including phenoxy) is 1. The number of aromatic nitrogens is 6. The molecule has 0 radical (unpaired) electrons. The van der Waals surface area contributed by atoms with E-state index in [2.05, 4.69) is 39.4 Å². The van der Waals surface area contributed by atoms with Gasteiger partial charge >= 0.3 is 0 Å². The molecule has 8 nitrogen and oxygen atoms in total. The van der Waals surface area contributed by atoms with Crippen molar-refractivity contribution in [3.05, 3.63) is 17.1 Å². The molecule has 2 aromatic heterocycles. The number of rotatable bonds is 7. The van der Waals surface area contributed by atoms with Crippen LogP contribution < -0.4 is 4.74 Å². The molecule has 1 atom stereocenters. The molecule has 0 aromatic carbocycles. The highest BCUT2D eigenvalue weighted by molar-refractivity contribution is 5.35. The van der Waals surface area contributed by atoms with Gasteiger partial charge in [-0.3, -0.25) is 4.90 Å². The molecule has 0 N–H and O–H groups in total. The summed E-state index contributed by atoms with van der Waals surface area (Å²) in [5.74, 6) is 1.80. The van der Waals surface area contributed by atoms with Crippen LogP contribution in [0.5, 0.6) is 5.88 Å². The highest BCUT2D eigenvalue weighted by Crippen LogP contribution is 2.39. The summed E-state index contributed by atoms with van der Waals surface area (Å²) in [5.41, 5.74) is 2.24. The van der Waals surface area contributed by atoms with Crippen LogP contribution in [0.25, 0.3) is 0 Å². The Hall–Kier alpha value is -1.96. The third-order valence-corrected chi connectivity index (χ3v) is 4.78. The monoisotopic (exact) mass is 333 g/mol. The minimum atomic E-state index is 0.310. The Kier molecular flexibility index (Phi) is 5.13. The number of hydrogen-bond acceptors (Lipinski definition) is 6. The Labute approximate surface area is 142 Å². The average molecular weight is 333 g/mol. The first kappa shape index (κ1) is 16.9. The van der Waals surface area contributed by atoms with Crippen molar-refractivity contribution in [2.24, 2.45) is 7.05 Å². The zero-order valence-electron chi connectivity index (χ0n) is 15.1. The maximum Gasteiger partial charge on any atom is 0.216 e. The van der Waals surface area contributed by atoms with Crippen molar-refractivity contribution in [3.63, 3.8) is 0 Å². The summed E-state index contributed by atoms with van der Waals surface area (Å²) in [4.78, 5) is 2.45. The second-order valence-electron chi connectivity index (χ2n) is 6.43. The normalized spacial score (nSPS) is 18.4. The van der Waals surface area contributed by atoms with E-state index < -0.39 is 0 Å². The van der Waals surface area contributed by atoms with E-state index in [4.69, 9.17) is 4.74 Å². The van der Waals surface area contributed by atoms with E-state index in [0.29, 0.717) is 6.04 Å². The summed E-state index contributed by atoms with van der Waals surface area (Å²) in [6, 6.07) is 0.310. The molecular weight excluding hydrogens is 306 g/mol. The van der Waals surface area contributed by atoms with Crippen molar-refractivity contribution in [3.8, 4) is 5.88 Å². The third-order valence-electron chi connectivity index (χ3n) is 4.78. The predicted molar refractivity (Wildman–Crippen MR) is 89.6 cm³/mol. The van der Waals surface area contributed by atoms with Gasteiger partial charge in [-0.2, -0.15) is 5.10 Å². The molecule has 3 rings (SSSR count). The average Bonchev–Trinajstić information content (AvgIpc) is 3.25. The summed E-state index contributed by atoms with van der Waals surface area (Å²) in [6.45, 7) is 6.92. The molecule has 0 saturated carbocycles. The van der Waals surface area contributed by atoms with Gasteiger partial charge in [0, 0.05) is 19.6 Å². The van der Waals surface area contributed by atoms with Gasteiger partial charge in [0.2, 0.25) is 5.88 Å². The highest BCUT2D eigenvalue weighted by atomic mass is 16.5. The van der Waals surface area contributed by atoms with Crippen molar-refractivity contribution in [2.45, 2.75) is 58.7 Å². The first-order valence-electron chi connectivity index (χ1n) is 8.72. The lowest BCUT2D eigenvalue weighted by Gasteiger charge is -2.24. The lowest BCUT2D eigenvalue weighted by atomic mass is 10.1. The second-order valence-corrected chi connectivity index (χ2v) is 6.43. The largest absolute Gasteiger partial charge is 0.481 e. The van der Waals surface area contributed by atoms with E-state index in [1.54, 1.807) is 7.11 Å². The molecule has 132 valence electrons. The van der Waals surface area contributed by atoms with Gasteiger partial charge in [-0.15, -0.1) is 5.10 Å². The summed E-state index contributed by atoms with van der Waals surface area (Å²) in [6.07, 6.45) is 4.51. The van der Waals surface area contributed by atoms with Gasteiger partial charge in [0.15, 0.2) is 5.82 Å². The molecule has 0 bridgehead atoms. The molecule has 0 aliphatic carbocycles. The first-order chi connectivity index (χ1) is 11.7. The number of tetrazole rings is 1. The molecule has 0 amide bonds. The third kappa shape index (κ3) is 3.15. The topological polar surface area (TPSA) is 73.9 Å². The molecule has 1 unspecified atom stereocenters. The fourth-order valence-corrected chi connectivity index (χ4v) is 3.62. The van der Waals surface area contributed by atoms with E-state index in [-0.39, 0.29) is 0 Å². The standard InChI is InChI=1S/C16H27N7O/c1-5-6-10-23-14(17-19-20-23)11-22-9-7-8-13(22)15-12(2)18-21(3)16(15)24-4/h13H,5-11H2,1-4H3. The molecule has 2 aromatic rings. The van der Waals surface area contributed by atoms with Gasteiger partial charge in [-0.05, 0) is 43.2 Å². The highest BCUT2D eigenvalue weighted by Gasteiger charge is 2.33. The Morgan fingerprint density at radius 1 is 1.33 bits per heavy atom. The van der Waals surface area contributed by atoms with Gasteiger partial charge in [-0.25, -0.2) is 9.36 Å². The fourth-order valence-electron chi connectivity index (χ4n) is 3.62. The van der Waals surface area contributed by atoms with Crippen LogP contribution in [0, 0.1) is 6.92 Å². The molecule has 24 heavy (non-hydrogen) atoms. The van der Waals surface area contributed by atoms with Crippen molar-refractivity contribution < 1.29 is 4.74 Å². The van der Waals surface area contributed by atoms with Crippen LogP contribution in [0.4, 0.5) is 0 Å². The van der Waals surface area contributed by atoms with Gasteiger partial charge in [-0.1, -0.05) is 13.3 Å². The number of methoxy groups -OCH3 is 1. The van der Waals surface area contributed by atoms with Gasteiger partial charge in [0.05, 0.1) is 24.9 Å². The van der Waals surface area contributed by atoms with Gasteiger partial charge in [0.1, 0.15) is 0 Å². The van der Waals surface area contributed by atoms with Crippen molar-refractivity contribution >= 4 is 0 Å². The number of likely N-dealkylation sites (tertiary alicyclic amines) is 1. The maximum atomic E-state index is 5.60. The van der Waals surface area contributed by atoms with Crippen molar-refractivity contribution in [1.82, 2.24) is 34.9 Å². The van der Waals surface area contributed by atoms with E-state index in [0.717, 1.165) is 56.3 Å². The summed E-state index contributed by atoms with van der Waals surface area (Å²) >= 11 is 0. The summed E-state index contributed by atoms with van der Waals surface area (Å²) in [7, 11) is 3.64. The molecule has 3 heterocycles. The van der Waals surface area contributed by atoms with Gasteiger partial charge in [0.25, 0.3) is 0 Å². The lowest BCUT2D eigenvalue weighted by Crippen LogP contribution is -2.25. The van der Waals surface area contributed by atoms with Crippen LogP contribution in [0.1, 0.15) is 55.7 Å². The number of hydrogen-bond donors (Lipinski definition) is 0. The van der Waals surface area contributed by atoms with Crippen LogP contribution in [0.15, 0.2) is 0 Å². The van der Waals surface area contributed by atoms with Crippen LogP contribution in [-0.4, -0.2) is 48.5 Å². The van der Waals surface area contributed by atoms with Crippen molar-refractivity contribution in [1.29, 1.82) is 0 Å². The van der Waals surface area contributed by atoms with Crippen LogP contribution >= 0.6 is 0 Å². The van der Waals surface area contributed by atoms with Crippen LogP contribution in [0.3, 0.4) is 0 Å². The minimum Gasteiger partial charge on any atom is -0.481 e. The van der Waals surface area contributed by atoms with Crippen LogP contribution in [0.2, 0.25) is 0 Å². The lowest BCUT2D eigenvalue weighted by molar-refractivity contribution is 0.230. The minimum absolute atomic E-state index is 0.310. The zero-order chi connectivity index (χ0) is 17.1. The van der Waals surface area contributed by atoms with E-state index in [1.807, 2.05) is 16.4 Å². The molecule has 0 spiro atoms. The molecular formula is C16H27N7O. The molecule has 1 aliphatic heterocycles. The molecule has 8 heteroatoms. The van der Waals surface area contributed by atoms with Gasteiger partial charge < -0.3 is 4.74 Å². The van der Waals surface area contributed by atoms with E-state index in [9.17, 15) is 0 Å². The quantitative estimate of drug-likeness (QED) is 0.770. The maximum absolute atomic E-state index is 5.60. The van der Waals surface area contributed by atoms with E-state index >= 15 is 0 Å². The summed E-state index contributed by atoms with van der Waals surface area (Å²) in [5, 5.41) is 16.8. The second kappa shape index (κ2) is 7.29. The Balaban J connectivity index is 1.81. The fraction of sp³-hybridized carbons (Fsp3) is 0.750. The molecule has 1 fully saturated rings. The predicted octanol–water partition coefficient (Wildman–Crippen LogP) is 1.86. The Bertz CT molecular complexity index is 678. The van der Waals surface area contributed by atoms with E-state index in [1.165, 1.54) is 12.0 Å². The molecule has 1 aliphatic rings. The smallest absolute Gasteiger partial charge is 0.216 e. The number of aryl methyl sites for hydroxylation is 3. The number of nitrogens with zero attached hydrogens (tertiary/aromatic N) is 7.